The highest BCUT2D eigenvalue weighted by molar-refractivity contribution is 4.87. The lowest BCUT2D eigenvalue weighted by Crippen LogP contribution is -2.57. The Morgan fingerprint density at radius 1 is 1.33 bits per heavy atom. The smallest absolute Gasteiger partial charge is 0.0630 e. The van der Waals surface area contributed by atoms with Crippen molar-refractivity contribution in [2.45, 2.75) is 44.3 Å². The summed E-state index contributed by atoms with van der Waals surface area (Å²) in [7, 11) is 4.07. The van der Waals surface area contributed by atoms with Gasteiger partial charge in [-0.15, -0.1) is 0 Å². The van der Waals surface area contributed by atoms with Crippen LogP contribution in [0.1, 0.15) is 26.2 Å². The maximum Gasteiger partial charge on any atom is 0.0630 e. The van der Waals surface area contributed by atoms with Gasteiger partial charge in [-0.3, -0.25) is 4.90 Å². The highest BCUT2D eigenvalue weighted by Crippen LogP contribution is 2.19. The molecule has 0 aromatic rings. The van der Waals surface area contributed by atoms with Crippen LogP contribution in [0.15, 0.2) is 0 Å². The number of nitrogens with zero attached hydrogens (tertiary/aromatic N) is 2. The molecular formula is C14H29N3O. The van der Waals surface area contributed by atoms with Gasteiger partial charge >= 0.3 is 0 Å². The lowest BCUT2D eigenvalue weighted by atomic mass is 10.1. The Hall–Kier alpha value is -0.160. The van der Waals surface area contributed by atoms with Crippen molar-refractivity contribution in [1.29, 1.82) is 0 Å². The van der Waals surface area contributed by atoms with Gasteiger partial charge in [0.05, 0.1) is 6.61 Å². The molecule has 2 rings (SSSR count). The average molecular weight is 255 g/mol. The molecule has 0 aromatic heterocycles. The predicted molar refractivity (Wildman–Crippen MR) is 75.0 cm³/mol. The van der Waals surface area contributed by atoms with Crippen LogP contribution < -0.4 is 5.32 Å². The Morgan fingerprint density at radius 2 is 2.11 bits per heavy atom. The van der Waals surface area contributed by atoms with Gasteiger partial charge in [-0.1, -0.05) is 6.92 Å². The topological polar surface area (TPSA) is 27.7 Å². The molecule has 1 saturated carbocycles. The number of ether oxygens (including phenoxy) is 1. The second kappa shape index (κ2) is 6.85. The first kappa shape index (κ1) is 14.3. The Labute approximate surface area is 112 Å². The number of likely N-dealkylation sites (N-methyl/N-ethyl adjacent to an activating group) is 1. The van der Waals surface area contributed by atoms with Crippen molar-refractivity contribution in [2.75, 3.05) is 46.9 Å². The van der Waals surface area contributed by atoms with Gasteiger partial charge in [0.15, 0.2) is 0 Å². The molecule has 1 aliphatic carbocycles. The molecular weight excluding hydrogens is 226 g/mol. The summed E-state index contributed by atoms with van der Waals surface area (Å²) < 4.78 is 5.41. The van der Waals surface area contributed by atoms with Gasteiger partial charge in [0.25, 0.3) is 0 Å². The molecule has 2 aliphatic rings. The van der Waals surface area contributed by atoms with Crippen molar-refractivity contribution < 1.29 is 4.74 Å². The number of hydrogen-bond acceptors (Lipinski definition) is 4. The quantitative estimate of drug-likeness (QED) is 0.727. The van der Waals surface area contributed by atoms with E-state index in [0.29, 0.717) is 12.1 Å². The Kier molecular flexibility index (Phi) is 5.42. The van der Waals surface area contributed by atoms with Crippen LogP contribution in [0.25, 0.3) is 0 Å². The third kappa shape index (κ3) is 3.92. The van der Waals surface area contributed by atoms with Crippen LogP contribution in [0, 0.1) is 0 Å². The van der Waals surface area contributed by atoms with Gasteiger partial charge < -0.3 is 15.0 Å². The van der Waals surface area contributed by atoms with E-state index in [1.165, 1.54) is 38.9 Å². The summed E-state index contributed by atoms with van der Waals surface area (Å²) in [5, 5.41) is 3.65. The summed E-state index contributed by atoms with van der Waals surface area (Å²) in [6.07, 6.45) is 3.96. The Bertz CT molecular complexity index is 245. The first-order valence-electron chi connectivity index (χ1n) is 7.41. The molecule has 1 saturated heterocycles. The maximum atomic E-state index is 5.41. The summed E-state index contributed by atoms with van der Waals surface area (Å²) in [6, 6.07) is 2.04. The zero-order chi connectivity index (χ0) is 13.0. The van der Waals surface area contributed by atoms with E-state index in [2.05, 4.69) is 29.1 Å². The summed E-state index contributed by atoms with van der Waals surface area (Å²) in [5.41, 5.74) is 0. The highest BCUT2D eigenvalue weighted by Gasteiger charge is 2.29. The molecule has 2 atom stereocenters. The fourth-order valence-electron chi connectivity index (χ4n) is 2.82. The second-order valence-corrected chi connectivity index (χ2v) is 5.83. The SMILES string of the molecule is CCC1CN(C(CNC2CC2)COC)CCN1C. The molecule has 2 fully saturated rings. The van der Waals surface area contributed by atoms with Gasteiger partial charge in [0.1, 0.15) is 0 Å². The van der Waals surface area contributed by atoms with E-state index in [9.17, 15) is 0 Å². The molecule has 0 bridgehead atoms. The minimum absolute atomic E-state index is 0.540. The van der Waals surface area contributed by atoms with E-state index in [1.54, 1.807) is 0 Å². The summed E-state index contributed by atoms with van der Waals surface area (Å²) in [4.78, 5) is 5.11. The molecule has 1 aliphatic heterocycles. The first-order chi connectivity index (χ1) is 8.74. The standard InChI is InChI=1S/C14H29N3O/c1-4-13-10-17(8-7-16(13)2)14(11-18-3)9-15-12-5-6-12/h12-15H,4-11H2,1-3H3. The molecule has 2 unspecified atom stereocenters. The molecule has 106 valence electrons. The van der Waals surface area contributed by atoms with E-state index in [0.717, 1.165) is 19.2 Å². The van der Waals surface area contributed by atoms with Crippen LogP contribution in [0.3, 0.4) is 0 Å². The molecule has 0 spiro atoms. The predicted octanol–water partition coefficient (Wildman–Crippen LogP) is 0.779. The monoisotopic (exact) mass is 255 g/mol. The minimum atomic E-state index is 0.540. The van der Waals surface area contributed by atoms with Crippen molar-refractivity contribution in [3.8, 4) is 0 Å². The normalized spacial score (nSPS) is 28.5. The van der Waals surface area contributed by atoms with Crippen LogP contribution in [0.2, 0.25) is 0 Å². The van der Waals surface area contributed by atoms with E-state index in [1.807, 2.05) is 7.11 Å². The molecule has 1 N–H and O–H groups in total. The maximum absolute atomic E-state index is 5.41. The lowest BCUT2D eigenvalue weighted by Gasteiger charge is -2.42. The van der Waals surface area contributed by atoms with E-state index in [-0.39, 0.29) is 0 Å². The molecule has 0 aromatic carbocycles. The van der Waals surface area contributed by atoms with Crippen molar-refractivity contribution in [3.05, 3.63) is 0 Å². The minimum Gasteiger partial charge on any atom is -0.383 e. The zero-order valence-corrected chi connectivity index (χ0v) is 12.2. The van der Waals surface area contributed by atoms with Gasteiger partial charge in [0.2, 0.25) is 0 Å². The number of rotatable bonds is 7. The van der Waals surface area contributed by atoms with Crippen molar-refractivity contribution in [2.24, 2.45) is 0 Å². The van der Waals surface area contributed by atoms with Crippen LogP contribution in [-0.2, 0) is 4.74 Å². The molecule has 1 heterocycles. The number of nitrogens with one attached hydrogen (secondary N) is 1. The van der Waals surface area contributed by atoms with Gasteiger partial charge in [0, 0.05) is 51.4 Å². The van der Waals surface area contributed by atoms with Gasteiger partial charge in [-0.05, 0) is 26.3 Å². The highest BCUT2D eigenvalue weighted by atomic mass is 16.5. The van der Waals surface area contributed by atoms with Crippen molar-refractivity contribution in [3.63, 3.8) is 0 Å². The fourth-order valence-corrected chi connectivity index (χ4v) is 2.82. The molecule has 4 nitrogen and oxygen atoms in total. The Morgan fingerprint density at radius 3 is 2.72 bits per heavy atom. The molecule has 0 amide bonds. The first-order valence-corrected chi connectivity index (χ1v) is 7.41. The molecule has 4 heteroatoms. The van der Waals surface area contributed by atoms with Crippen molar-refractivity contribution in [1.82, 2.24) is 15.1 Å². The second-order valence-electron chi connectivity index (χ2n) is 5.83. The third-order valence-corrected chi connectivity index (χ3v) is 4.37. The van der Waals surface area contributed by atoms with Gasteiger partial charge in [-0.2, -0.15) is 0 Å². The van der Waals surface area contributed by atoms with Gasteiger partial charge in [-0.25, -0.2) is 0 Å². The average Bonchev–Trinajstić information content (AvgIpc) is 3.19. The van der Waals surface area contributed by atoms with E-state index >= 15 is 0 Å². The number of methoxy groups -OCH3 is 1. The zero-order valence-electron chi connectivity index (χ0n) is 12.2. The molecule has 0 radical (unpaired) electrons. The summed E-state index contributed by atoms with van der Waals surface area (Å²) in [5.74, 6) is 0. The largest absolute Gasteiger partial charge is 0.383 e. The van der Waals surface area contributed by atoms with Crippen LogP contribution in [0.4, 0.5) is 0 Å². The summed E-state index contributed by atoms with van der Waals surface area (Å²) in [6.45, 7) is 7.76. The van der Waals surface area contributed by atoms with Crippen molar-refractivity contribution >= 4 is 0 Å². The fraction of sp³-hybridized carbons (Fsp3) is 1.00. The third-order valence-electron chi connectivity index (χ3n) is 4.37. The lowest BCUT2D eigenvalue weighted by molar-refractivity contribution is 0.0285. The van der Waals surface area contributed by atoms with E-state index in [4.69, 9.17) is 4.74 Å². The van der Waals surface area contributed by atoms with E-state index < -0.39 is 0 Å². The number of piperazine rings is 1. The summed E-state index contributed by atoms with van der Waals surface area (Å²) >= 11 is 0. The van der Waals surface area contributed by atoms with Crippen LogP contribution >= 0.6 is 0 Å². The molecule has 18 heavy (non-hydrogen) atoms. The van der Waals surface area contributed by atoms with Crippen LogP contribution in [-0.4, -0.2) is 74.9 Å². The Balaban J connectivity index is 1.83. The number of hydrogen-bond donors (Lipinski definition) is 1. The van der Waals surface area contributed by atoms with Crippen LogP contribution in [0.5, 0.6) is 0 Å².